The fourth-order valence-electron chi connectivity index (χ4n) is 2.69. The maximum atomic E-state index is 12.5. The van der Waals surface area contributed by atoms with E-state index in [2.05, 4.69) is 12.2 Å². The van der Waals surface area contributed by atoms with Crippen molar-refractivity contribution in [2.24, 2.45) is 0 Å². The molecule has 5 nitrogen and oxygen atoms in total. The molecule has 142 valence electrons. The molecule has 0 fully saturated rings. The van der Waals surface area contributed by atoms with E-state index < -0.39 is 5.60 Å². The number of benzene rings is 1. The van der Waals surface area contributed by atoms with Gasteiger partial charge in [-0.15, -0.1) is 0 Å². The minimum atomic E-state index is -1.41. The number of ether oxygens (including phenoxy) is 1. The lowest BCUT2D eigenvalue weighted by atomic mass is 9.93. The summed E-state index contributed by atoms with van der Waals surface area (Å²) >= 11 is 1.48. The SMILES string of the molecule is CCCCOc1ccc(C(=O)NCC(O)(c2ccsc2)c2ccco2)cc1. The van der Waals surface area contributed by atoms with Crippen LogP contribution < -0.4 is 10.1 Å². The summed E-state index contributed by atoms with van der Waals surface area (Å²) in [5.41, 5.74) is -0.227. The van der Waals surface area contributed by atoms with Crippen molar-refractivity contribution in [1.82, 2.24) is 5.32 Å². The molecular formula is C21H23NO4S. The number of carbonyl (C=O) groups is 1. The quantitative estimate of drug-likeness (QED) is 0.542. The third kappa shape index (κ3) is 4.59. The number of nitrogens with one attached hydrogen (secondary N) is 1. The van der Waals surface area contributed by atoms with Gasteiger partial charge in [-0.05, 0) is 59.6 Å². The number of rotatable bonds is 9. The van der Waals surface area contributed by atoms with Crippen LogP contribution in [0.25, 0.3) is 0 Å². The number of aliphatic hydroxyl groups is 1. The van der Waals surface area contributed by atoms with Gasteiger partial charge < -0.3 is 19.6 Å². The van der Waals surface area contributed by atoms with Gasteiger partial charge in [-0.3, -0.25) is 4.79 Å². The summed E-state index contributed by atoms with van der Waals surface area (Å²) in [6.45, 7) is 2.78. The van der Waals surface area contributed by atoms with Gasteiger partial charge in [-0.2, -0.15) is 11.3 Å². The number of furan rings is 1. The van der Waals surface area contributed by atoms with Crippen LogP contribution in [0.2, 0.25) is 0 Å². The van der Waals surface area contributed by atoms with Gasteiger partial charge >= 0.3 is 0 Å². The first-order chi connectivity index (χ1) is 13.1. The van der Waals surface area contributed by atoms with E-state index in [1.807, 2.05) is 16.8 Å². The Morgan fingerprint density at radius 3 is 2.70 bits per heavy atom. The van der Waals surface area contributed by atoms with E-state index in [4.69, 9.17) is 9.15 Å². The molecule has 0 aliphatic heterocycles. The number of thiophene rings is 1. The predicted molar refractivity (Wildman–Crippen MR) is 105 cm³/mol. The number of carbonyl (C=O) groups excluding carboxylic acids is 1. The zero-order valence-corrected chi connectivity index (χ0v) is 16.0. The van der Waals surface area contributed by atoms with Crippen LogP contribution in [0.15, 0.2) is 63.9 Å². The molecule has 27 heavy (non-hydrogen) atoms. The van der Waals surface area contributed by atoms with E-state index in [1.165, 1.54) is 17.6 Å². The summed E-state index contributed by atoms with van der Waals surface area (Å²) in [6.07, 6.45) is 3.57. The second-order valence-electron chi connectivity index (χ2n) is 6.26. The molecule has 1 unspecified atom stereocenters. The first kappa shape index (κ1) is 19.2. The normalized spacial score (nSPS) is 13.1. The Hall–Kier alpha value is -2.57. The highest BCUT2D eigenvalue weighted by atomic mass is 32.1. The minimum absolute atomic E-state index is 0.00479. The summed E-state index contributed by atoms with van der Waals surface area (Å²) in [4.78, 5) is 12.5. The molecule has 2 heterocycles. The lowest BCUT2D eigenvalue weighted by Gasteiger charge is -2.25. The van der Waals surface area contributed by atoms with Crippen LogP contribution in [0.1, 0.15) is 41.4 Å². The lowest BCUT2D eigenvalue weighted by Crippen LogP contribution is -2.41. The molecule has 0 bridgehead atoms. The highest BCUT2D eigenvalue weighted by molar-refractivity contribution is 7.08. The molecule has 0 aliphatic rings. The van der Waals surface area contributed by atoms with Crippen LogP contribution in [0, 0.1) is 0 Å². The van der Waals surface area contributed by atoms with Crippen LogP contribution >= 0.6 is 11.3 Å². The van der Waals surface area contributed by atoms with E-state index in [-0.39, 0.29) is 12.5 Å². The van der Waals surface area contributed by atoms with Crippen LogP contribution in [0.3, 0.4) is 0 Å². The average Bonchev–Trinajstić information content (AvgIpc) is 3.41. The fourth-order valence-corrected chi connectivity index (χ4v) is 3.42. The molecule has 0 spiro atoms. The largest absolute Gasteiger partial charge is 0.494 e. The summed E-state index contributed by atoms with van der Waals surface area (Å²) < 4.78 is 11.0. The average molecular weight is 385 g/mol. The predicted octanol–water partition coefficient (Wildman–Crippen LogP) is 4.19. The van der Waals surface area contributed by atoms with Crippen molar-refractivity contribution < 1.29 is 19.1 Å². The Labute approximate surface area is 162 Å². The summed E-state index contributed by atoms with van der Waals surface area (Å²) in [6, 6.07) is 12.2. The molecule has 3 aromatic rings. The zero-order chi connectivity index (χ0) is 19.1. The molecule has 3 rings (SSSR count). The van der Waals surface area contributed by atoms with Gasteiger partial charge in [0.2, 0.25) is 0 Å². The van der Waals surface area contributed by atoms with Gasteiger partial charge in [0.05, 0.1) is 19.4 Å². The topological polar surface area (TPSA) is 71.7 Å². The maximum Gasteiger partial charge on any atom is 0.251 e. The number of hydrogen-bond acceptors (Lipinski definition) is 5. The van der Waals surface area contributed by atoms with Crippen molar-refractivity contribution in [3.63, 3.8) is 0 Å². The van der Waals surface area contributed by atoms with Crippen molar-refractivity contribution in [1.29, 1.82) is 0 Å². The van der Waals surface area contributed by atoms with Crippen molar-refractivity contribution in [3.05, 3.63) is 76.4 Å². The van der Waals surface area contributed by atoms with Crippen molar-refractivity contribution in [3.8, 4) is 5.75 Å². The van der Waals surface area contributed by atoms with Crippen molar-refractivity contribution in [2.45, 2.75) is 25.4 Å². The van der Waals surface area contributed by atoms with E-state index >= 15 is 0 Å². The molecular weight excluding hydrogens is 362 g/mol. The van der Waals surface area contributed by atoms with Gasteiger partial charge in [0, 0.05) is 11.1 Å². The van der Waals surface area contributed by atoms with Gasteiger partial charge in [0.25, 0.3) is 5.91 Å². The van der Waals surface area contributed by atoms with Crippen LogP contribution in [-0.4, -0.2) is 24.2 Å². The first-order valence-corrected chi connectivity index (χ1v) is 9.88. The monoisotopic (exact) mass is 385 g/mol. The van der Waals surface area contributed by atoms with E-state index in [0.29, 0.717) is 23.5 Å². The number of hydrogen-bond donors (Lipinski definition) is 2. The third-order valence-electron chi connectivity index (χ3n) is 4.32. The molecule has 0 radical (unpaired) electrons. The molecule has 2 aromatic heterocycles. The lowest BCUT2D eigenvalue weighted by molar-refractivity contribution is 0.0528. The van der Waals surface area contributed by atoms with Gasteiger partial charge in [0.15, 0.2) is 5.60 Å². The fraction of sp³-hybridized carbons (Fsp3) is 0.286. The summed E-state index contributed by atoms with van der Waals surface area (Å²) in [7, 11) is 0. The van der Waals surface area contributed by atoms with E-state index in [1.54, 1.807) is 36.4 Å². The minimum Gasteiger partial charge on any atom is -0.494 e. The molecule has 2 N–H and O–H groups in total. The molecule has 0 saturated carbocycles. The molecule has 1 aromatic carbocycles. The van der Waals surface area contributed by atoms with Gasteiger partial charge in [-0.25, -0.2) is 0 Å². The van der Waals surface area contributed by atoms with Gasteiger partial charge in [-0.1, -0.05) is 13.3 Å². The van der Waals surface area contributed by atoms with Crippen molar-refractivity contribution in [2.75, 3.05) is 13.2 Å². The van der Waals surface area contributed by atoms with Gasteiger partial charge in [0.1, 0.15) is 11.5 Å². The zero-order valence-electron chi connectivity index (χ0n) is 15.2. The summed E-state index contributed by atoms with van der Waals surface area (Å²) in [5.74, 6) is 0.863. The van der Waals surface area contributed by atoms with Crippen molar-refractivity contribution >= 4 is 17.2 Å². The Kier molecular flexibility index (Phi) is 6.32. The second-order valence-corrected chi connectivity index (χ2v) is 7.04. The molecule has 0 aliphatic carbocycles. The highest BCUT2D eigenvalue weighted by Gasteiger charge is 2.35. The van der Waals surface area contributed by atoms with E-state index in [9.17, 15) is 9.90 Å². The smallest absolute Gasteiger partial charge is 0.251 e. The maximum absolute atomic E-state index is 12.5. The molecule has 1 atom stereocenters. The van der Waals surface area contributed by atoms with Crippen LogP contribution in [0.5, 0.6) is 5.75 Å². The Bertz CT molecular complexity index is 791. The molecule has 0 saturated heterocycles. The van der Waals surface area contributed by atoms with Crippen LogP contribution in [-0.2, 0) is 5.60 Å². The number of unbranched alkanes of at least 4 members (excludes halogenated alkanes) is 1. The molecule has 6 heteroatoms. The van der Waals surface area contributed by atoms with Crippen LogP contribution in [0.4, 0.5) is 0 Å². The second kappa shape index (κ2) is 8.88. The Morgan fingerprint density at radius 1 is 1.26 bits per heavy atom. The standard InChI is InChI=1S/C21H23NO4S/c1-2-3-11-25-18-8-6-16(7-9-18)20(23)22-15-21(24,17-10-13-27-14-17)19-5-4-12-26-19/h4-10,12-14,24H,2-3,11,15H2,1H3,(H,22,23). The number of amides is 1. The Balaban J connectivity index is 1.66. The first-order valence-electron chi connectivity index (χ1n) is 8.93. The molecule has 1 amide bonds. The third-order valence-corrected chi connectivity index (χ3v) is 5.00. The highest BCUT2D eigenvalue weighted by Crippen LogP contribution is 2.31. The summed E-state index contributed by atoms with van der Waals surface area (Å²) in [5, 5.41) is 17.7. The Morgan fingerprint density at radius 2 is 2.07 bits per heavy atom. The van der Waals surface area contributed by atoms with E-state index in [0.717, 1.165) is 18.6 Å².